The molecular weight excluding hydrogens is 300 g/mol. The van der Waals surface area contributed by atoms with Crippen molar-refractivity contribution in [2.45, 2.75) is 37.4 Å². The highest BCUT2D eigenvalue weighted by molar-refractivity contribution is 6.08. The van der Waals surface area contributed by atoms with Gasteiger partial charge in [-0.3, -0.25) is 14.4 Å². The summed E-state index contributed by atoms with van der Waals surface area (Å²) in [6, 6.07) is 6.41. The molecule has 0 unspecified atom stereocenters. The van der Waals surface area contributed by atoms with Gasteiger partial charge in [-0.05, 0) is 31.9 Å². The van der Waals surface area contributed by atoms with Crippen molar-refractivity contribution in [3.05, 3.63) is 35.9 Å². The lowest BCUT2D eigenvalue weighted by Gasteiger charge is -2.48. The van der Waals surface area contributed by atoms with E-state index in [1.54, 1.807) is 30.3 Å². The molecule has 0 radical (unpaired) electrons. The van der Waals surface area contributed by atoms with E-state index in [0.717, 1.165) is 4.90 Å². The number of aliphatic carboxylic acids is 1. The zero-order chi connectivity index (χ0) is 16.8. The summed E-state index contributed by atoms with van der Waals surface area (Å²) in [6.07, 6.45) is 0.661. The predicted molar refractivity (Wildman–Crippen MR) is 78.6 cm³/mol. The number of carboxylic acids is 1. The number of hydrogen-bond acceptors (Lipinski definition) is 4. The van der Waals surface area contributed by atoms with Gasteiger partial charge < -0.3 is 15.3 Å². The van der Waals surface area contributed by atoms with Crippen LogP contribution in [0, 0.1) is 0 Å². The predicted octanol–water partition coefficient (Wildman–Crippen LogP) is 0.202. The Morgan fingerprint density at radius 1 is 1.22 bits per heavy atom. The number of carbonyl (C=O) groups excluding carboxylic acids is 3. The average molecular weight is 316 g/mol. The maximum atomic E-state index is 12.3. The van der Waals surface area contributed by atoms with Crippen LogP contribution >= 0.6 is 0 Å². The molecular formula is C16H16N2O5. The molecule has 2 fully saturated rings. The summed E-state index contributed by atoms with van der Waals surface area (Å²) < 4.78 is 0. The molecule has 7 heteroatoms. The molecule has 1 aliphatic carbocycles. The lowest BCUT2D eigenvalue weighted by molar-refractivity contribution is -0.170. The van der Waals surface area contributed by atoms with E-state index < -0.39 is 35.4 Å². The van der Waals surface area contributed by atoms with Crippen molar-refractivity contribution in [2.75, 3.05) is 0 Å². The molecule has 3 rings (SSSR count). The van der Waals surface area contributed by atoms with Crippen molar-refractivity contribution in [1.82, 2.24) is 10.2 Å². The lowest BCUT2D eigenvalue weighted by Crippen LogP contribution is -2.76. The Morgan fingerprint density at radius 3 is 2.30 bits per heavy atom. The van der Waals surface area contributed by atoms with Gasteiger partial charge in [0, 0.05) is 5.56 Å². The number of β-lactam (4-membered cyclic amide) rings is 1. The number of benzene rings is 1. The van der Waals surface area contributed by atoms with Crippen LogP contribution < -0.4 is 5.32 Å². The van der Waals surface area contributed by atoms with Gasteiger partial charge in [-0.1, -0.05) is 18.2 Å². The minimum atomic E-state index is -1.28. The van der Waals surface area contributed by atoms with Crippen molar-refractivity contribution in [3.63, 3.8) is 0 Å². The van der Waals surface area contributed by atoms with E-state index >= 15 is 0 Å². The second-order valence-corrected chi connectivity index (χ2v) is 5.92. The Kier molecular flexibility index (Phi) is 3.43. The Bertz CT molecular complexity index is 696. The van der Waals surface area contributed by atoms with E-state index in [9.17, 15) is 24.3 Å². The van der Waals surface area contributed by atoms with E-state index in [1.165, 1.54) is 6.92 Å². The number of ketones is 1. The summed E-state index contributed by atoms with van der Waals surface area (Å²) in [6.45, 7) is 1.30. The van der Waals surface area contributed by atoms with E-state index in [2.05, 4.69) is 5.32 Å². The fourth-order valence-electron chi connectivity index (χ4n) is 3.01. The van der Waals surface area contributed by atoms with Gasteiger partial charge in [0.15, 0.2) is 5.78 Å². The second kappa shape index (κ2) is 5.19. The standard InChI is InChI=1S/C16H16N2O5/c1-9(19)12-11(17-13(20)10-5-3-2-4-6-10)14(21)18(12)16(7-8-16)15(22)23/h2-6,11-12H,7-8H2,1H3,(H,17,20)(H,22,23)/t11-,12+/m0/s1. The number of Topliss-reactive ketones (excluding diaryl/α,β-unsaturated/α-hetero) is 1. The summed E-state index contributed by atoms with van der Waals surface area (Å²) in [7, 11) is 0. The first-order chi connectivity index (χ1) is 10.9. The van der Waals surface area contributed by atoms with Gasteiger partial charge in [0.2, 0.25) is 5.91 Å². The highest BCUT2D eigenvalue weighted by Gasteiger charge is 2.67. The van der Waals surface area contributed by atoms with Crippen LogP contribution in [-0.2, 0) is 14.4 Å². The lowest BCUT2D eigenvalue weighted by atomic mass is 9.88. The molecule has 7 nitrogen and oxygen atoms in total. The second-order valence-electron chi connectivity index (χ2n) is 5.92. The van der Waals surface area contributed by atoms with Gasteiger partial charge in [0.25, 0.3) is 5.91 Å². The molecule has 1 heterocycles. The monoisotopic (exact) mass is 316 g/mol. The fraction of sp³-hybridized carbons (Fsp3) is 0.375. The maximum Gasteiger partial charge on any atom is 0.329 e. The van der Waals surface area contributed by atoms with Crippen molar-refractivity contribution in [2.24, 2.45) is 0 Å². The molecule has 0 bridgehead atoms. The fourth-order valence-corrected chi connectivity index (χ4v) is 3.01. The van der Waals surface area contributed by atoms with E-state index in [-0.39, 0.29) is 5.78 Å². The van der Waals surface area contributed by atoms with E-state index in [0.29, 0.717) is 18.4 Å². The molecule has 1 aromatic carbocycles. The molecule has 1 aliphatic heterocycles. The maximum absolute atomic E-state index is 12.3. The first kappa shape index (κ1) is 15.2. The smallest absolute Gasteiger partial charge is 0.329 e. The third-order valence-electron chi connectivity index (χ3n) is 4.42. The summed E-state index contributed by atoms with van der Waals surface area (Å²) in [4.78, 5) is 48.9. The van der Waals surface area contributed by atoms with Crippen molar-refractivity contribution < 1.29 is 24.3 Å². The Balaban J connectivity index is 1.79. The number of carboxylic acid groups (broad SMARTS) is 1. The highest BCUT2D eigenvalue weighted by Crippen LogP contribution is 2.47. The average Bonchev–Trinajstić information content (AvgIpc) is 3.31. The van der Waals surface area contributed by atoms with Gasteiger partial charge in [-0.15, -0.1) is 0 Å². The van der Waals surface area contributed by atoms with Crippen molar-refractivity contribution >= 4 is 23.6 Å². The van der Waals surface area contributed by atoms with E-state index in [4.69, 9.17) is 0 Å². The minimum absolute atomic E-state index is 0.331. The number of amides is 2. The molecule has 2 amide bonds. The van der Waals surface area contributed by atoms with Crippen LogP contribution in [0.2, 0.25) is 0 Å². The third-order valence-corrected chi connectivity index (χ3v) is 4.42. The summed E-state index contributed by atoms with van der Waals surface area (Å²) in [5, 5.41) is 11.8. The summed E-state index contributed by atoms with van der Waals surface area (Å²) in [5.41, 5.74) is -0.901. The molecule has 2 N–H and O–H groups in total. The largest absolute Gasteiger partial charge is 0.479 e. The SMILES string of the molecule is CC(=O)[C@@H]1[C@H](NC(=O)c2ccccc2)C(=O)N1C1(C(=O)O)CC1. The number of carbonyl (C=O) groups is 4. The molecule has 1 aromatic rings. The van der Waals surface area contributed by atoms with Crippen molar-refractivity contribution in [3.8, 4) is 0 Å². The molecule has 23 heavy (non-hydrogen) atoms. The van der Waals surface area contributed by atoms with Crippen LogP contribution in [0.15, 0.2) is 30.3 Å². The number of nitrogens with zero attached hydrogens (tertiary/aromatic N) is 1. The highest BCUT2D eigenvalue weighted by atomic mass is 16.4. The van der Waals surface area contributed by atoms with Gasteiger partial charge in [-0.25, -0.2) is 4.79 Å². The molecule has 2 aliphatic rings. The van der Waals surface area contributed by atoms with Crippen LogP contribution in [0.1, 0.15) is 30.1 Å². The zero-order valence-electron chi connectivity index (χ0n) is 12.5. The molecule has 0 aromatic heterocycles. The van der Waals surface area contributed by atoms with Crippen LogP contribution in [0.4, 0.5) is 0 Å². The molecule has 1 saturated heterocycles. The summed E-state index contributed by atoms with van der Waals surface area (Å²) in [5.74, 6) is -2.43. The normalized spacial score (nSPS) is 24.6. The van der Waals surface area contributed by atoms with Crippen LogP contribution in [0.3, 0.4) is 0 Å². The molecule has 120 valence electrons. The van der Waals surface area contributed by atoms with Gasteiger partial charge in [0.1, 0.15) is 17.6 Å². The minimum Gasteiger partial charge on any atom is -0.479 e. The Morgan fingerprint density at radius 2 is 1.83 bits per heavy atom. The van der Waals surface area contributed by atoms with Crippen LogP contribution in [-0.4, -0.2) is 51.2 Å². The Hall–Kier alpha value is -2.70. The Labute approximate surface area is 132 Å². The van der Waals surface area contributed by atoms with Gasteiger partial charge in [-0.2, -0.15) is 0 Å². The molecule has 2 atom stereocenters. The number of nitrogens with one attached hydrogen (secondary N) is 1. The van der Waals surface area contributed by atoms with Gasteiger partial charge in [0.05, 0.1) is 0 Å². The van der Waals surface area contributed by atoms with Crippen molar-refractivity contribution in [1.29, 1.82) is 0 Å². The first-order valence-electron chi connectivity index (χ1n) is 7.31. The summed E-state index contributed by atoms with van der Waals surface area (Å²) >= 11 is 0. The van der Waals surface area contributed by atoms with Crippen LogP contribution in [0.25, 0.3) is 0 Å². The third kappa shape index (κ3) is 2.28. The number of likely N-dealkylation sites (tertiary alicyclic amines) is 1. The number of hydrogen-bond donors (Lipinski definition) is 2. The van der Waals surface area contributed by atoms with Gasteiger partial charge >= 0.3 is 5.97 Å². The topological polar surface area (TPSA) is 104 Å². The molecule has 0 spiro atoms. The quantitative estimate of drug-likeness (QED) is 0.755. The van der Waals surface area contributed by atoms with E-state index in [1.807, 2.05) is 0 Å². The zero-order valence-corrected chi connectivity index (χ0v) is 12.5. The first-order valence-corrected chi connectivity index (χ1v) is 7.31. The molecule has 1 saturated carbocycles. The number of rotatable bonds is 5. The van der Waals surface area contributed by atoms with Crippen LogP contribution in [0.5, 0.6) is 0 Å².